The van der Waals surface area contributed by atoms with Gasteiger partial charge >= 0.3 is 0 Å². The monoisotopic (exact) mass is 315 g/mol. The molecule has 0 radical (unpaired) electrons. The van der Waals surface area contributed by atoms with Crippen molar-refractivity contribution in [1.29, 1.82) is 0 Å². The zero-order valence-electron chi connectivity index (χ0n) is 12.1. The predicted molar refractivity (Wildman–Crippen MR) is 85.8 cm³/mol. The van der Waals surface area contributed by atoms with Gasteiger partial charge in [0.05, 0.1) is 5.75 Å². The second-order valence-corrected chi connectivity index (χ2v) is 5.82. The van der Waals surface area contributed by atoms with Gasteiger partial charge in [-0.25, -0.2) is 15.0 Å². The summed E-state index contributed by atoms with van der Waals surface area (Å²) in [6.07, 6.45) is 5.17. The molecule has 0 saturated carbocycles. The van der Waals surface area contributed by atoms with Crippen molar-refractivity contribution in [2.45, 2.75) is 5.16 Å². The smallest absolute Gasteiger partial charge is 0.233 e. The van der Waals surface area contributed by atoms with Crippen molar-refractivity contribution < 1.29 is 4.79 Å². The van der Waals surface area contributed by atoms with E-state index in [0.717, 1.165) is 32.0 Å². The highest BCUT2D eigenvalue weighted by Crippen LogP contribution is 2.15. The van der Waals surface area contributed by atoms with Gasteiger partial charge in [-0.1, -0.05) is 17.8 Å². The average molecular weight is 315 g/mol. The number of carbonyl (C=O) groups excluding carboxylic acids is 1. The topological polar surface area (TPSA) is 62.2 Å². The van der Waals surface area contributed by atoms with E-state index >= 15 is 0 Å². The second-order valence-electron chi connectivity index (χ2n) is 4.88. The van der Waals surface area contributed by atoms with Gasteiger partial charge in [0.1, 0.15) is 5.82 Å². The van der Waals surface area contributed by atoms with Gasteiger partial charge in [-0.2, -0.15) is 0 Å². The first-order chi connectivity index (χ1) is 10.8. The van der Waals surface area contributed by atoms with E-state index in [9.17, 15) is 4.79 Å². The Bertz CT molecular complexity index is 602. The number of aromatic nitrogens is 3. The predicted octanol–water partition coefficient (Wildman–Crippen LogP) is 1.31. The highest BCUT2D eigenvalue weighted by atomic mass is 32.2. The summed E-state index contributed by atoms with van der Waals surface area (Å²) in [5.74, 6) is 1.49. The molecule has 0 aromatic carbocycles. The maximum atomic E-state index is 12.2. The maximum absolute atomic E-state index is 12.2. The summed E-state index contributed by atoms with van der Waals surface area (Å²) >= 11 is 1.38. The number of hydrogen-bond acceptors (Lipinski definition) is 6. The van der Waals surface area contributed by atoms with Crippen LogP contribution in [0.5, 0.6) is 0 Å². The van der Waals surface area contributed by atoms with E-state index in [4.69, 9.17) is 0 Å². The molecule has 7 heteroatoms. The Labute approximate surface area is 133 Å². The van der Waals surface area contributed by atoms with Gasteiger partial charge < -0.3 is 9.80 Å². The van der Waals surface area contributed by atoms with Gasteiger partial charge in [0.2, 0.25) is 5.91 Å². The normalized spacial score (nSPS) is 14.9. The minimum atomic E-state index is 0.137. The van der Waals surface area contributed by atoms with Gasteiger partial charge in [-0.05, 0) is 18.2 Å². The Morgan fingerprint density at radius 1 is 1.00 bits per heavy atom. The summed E-state index contributed by atoms with van der Waals surface area (Å²) < 4.78 is 0. The van der Waals surface area contributed by atoms with Crippen LogP contribution in [-0.4, -0.2) is 57.7 Å². The quantitative estimate of drug-likeness (QED) is 0.626. The van der Waals surface area contributed by atoms with Crippen molar-refractivity contribution in [1.82, 2.24) is 19.9 Å². The highest BCUT2D eigenvalue weighted by molar-refractivity contribution is 7.99. The van der Waals surface area contributed by atoms with Crippen LogP contribution in [0.4, 0.5) is 5.82 Å². The summed E-state index contributed by atoms with van der Waals surface area (Å²) in [4.78, 5) is 28.9. The van der Waals surface area contributed by atoms with Crippen LogP contribution in [0.25, 0.3) is 0 Å². The van der Waals surface area contributed by atoms with Gasteiger partial charge in [0.25, 0.3) is 0 Å². The summed E-state index contributed by atoms with van der Waals surface area (Å²) in [5.41, 5.74) is 0. The van der Waals surface area contributed by atoms with Crippen LogP contribution in [0.2, 0.25) is 0 Å². The highest BCUT2D eigenvalue weighted by Gasteiger charge is 2.21. The average Bonchev–Trinajstić information content (AvgIpc) is 2.61. The molecule has 6 nitrogen and oxygen atoms in total. The third kappa shape index (κ3) is 3.73. The van der Waals surface area contributed by atoms with Gasteiger partial charge in [0.15, 0.2) is 5.16 Å². The van der Waals surface area contributed by atoms with Crippen molar-refractivity contribution in [2.24, 2.45) is 0 Å². The van der Waals surface area contributed by atoms with E-state index in [1.165, 1.54) is 11.8 Å². The lowest BCUT2D eigenvalue weighted by Gasteiger charge is -2.35. The molecule has 3 rings (SSSR count). The third-order valence-electron chi connectivity index (χ3n) is 3.47. The number of thioether (sulfide) groups is 1. The molecular weight excluding hydrogens is 298 g/mol. The Morgan fingerprint density at radius 3 is 2.41 bits per heavy atom. The molecule has 22 heavy (non-hydrogen) atoms. The van der Waals surface area contributed by atoms with E-state index in [1.807, 2.05) is 23.1 Å². The number of nitrogens with zero attached hydrogens (tertiary/aromatic N) is 5. The van der Waals surface area contributed by atoms with Crippen LogP contribution in [-0.2, 0) is 4.79 Å². The molecule has 2 aromatic rings. The van der Waals surface area contributed by atoms with Gasteiger partial charge in [0, 0.05) is 44.8 Å². The molecule has 0 unspecified atom stereocenters. The number of hydrogen-bond donors (Lipinski definition) is 0. The lowest BCUT2D eigenvalue weighted by Crippen LogP contribution is -2.49. The largest absolute Gasteiger partial charge is 0.353 e. The molecule has 1 saturated heterocycles. The van der Waals surface area contributed by atoms with E-state index in [2.05, 4.69) is 19.9 Å². The number of piperazine rings is 1. The molecule has 3 heterocycles. The van der Waals surface area contributed by atoms with Crippen molar-refractivity contribution in [3.05, 3.63) is 42.9 Å². The Hall–Kier alpha value is -2.15. The molecule has 2 aromatic heterocycles. The SMILES string of the molecule is O=C(CSc1ncccn1)N1CCN(c2ccccn2)CC1. The molecule has 0 spiro atoms. The van der Waals surface area contributed by atoms with Crippen LogP contribution in [0.15, 0.2) is 48.0 Å². The van der Waals surface area contributed by atoms with Crippen molar-refractivity contribution in [3.63, 3.8) is 0 Å². The lowest BCUT2D eigenvalue weighted by molar-refractivity contribution is -0.128. The summed E-state index contributed by atoms with van der Waals surface area (Å²) in [6.45, 7) is 3.09. The standard InChI is InChI=1S/C15H17N5OS/c21-14(12-22-15-17-6-3-7-18-15)20-10-8-19(9-11-20)13-4-1-2-5-16-13/h1-7H,8-12H2. The Kier molecular flexibility index (Phi) is 4.85. The van der Waals surface area contributed by atoms with E-state index in [1.54, 1.807) is 24.7 Å². The first-order valence-electron chi connectivity index (χ1n) is 7.16. The maximum Gasteiger partial charge on any atom is 0.233 e. The minimum absolute atomic E-state index is 0.137. The van der Waals surface area contributed by atoms with Crippen LogP contribution in [0.1, 0.15) is 0 Å². The third-order valence-corrected chi connectivity index (χ3v) is 4.33. The molecule has 1 amide bonds. The fraction of sp³-hybridized carbons (Fsp3) is 0.333. The zero-order chi connectivity index (χ0) is 15.2. The molecule has 0 atom stereocenters. The molecule has 114 valence electrons. The molecule has 0 N–H and O–H groups in total. The zero-order valence-corrected chi connectivity index (χ0v) is 12.9. The summed E-state index contributed by atoms with van der Waals surface area (Å²) in [6, 6.07) is 7.66. The molecule has 1 aliphatic rings. The van der Waals surface area contributed by atoms with Crippen molar-refractivity contribution in [2.75, 3.05) is 36.8 Å². The fourth-order valence-corrected chi connectivity index (χ4v) is 3.01. The number of anilines is 1. The van der Waals surface area contributed by atoms with Crippen molar-refractivity contribution in [3.8, 4) is 0 Å². The Morgan fingerprint density at radius 2 is 1.73 bits per heavy atom. The Balaban J connectivity index is 1.48. The number of rotatable bonds is 4. The van der Waals surface area contributed by atoms with Crippen LogP contribution >= 0.6 is 11.8 Å². The molecule has 1 fully saturated rings. The van der Waals surface area contributed by atoms with Crippen LogP contribution < -0.4 is 4.90 Å². The van der Waals surface area contributed by atoms with Crippen LogP contribution in [0.3, 0.4) is 0 Å². The molecule has 0 aliphatic carbocycles. The fourth-order valence-electron chi connectivity index (χ4n) is 2.30. The van der Waals surface area contributed by atoms with Crippen LogP contribution in [0, 0.1) is 0 Å². The first-order valence-corrected chi connectivity index (χ1v) is 8.15. The summed E-state index contributed by atoms with van der Waals surface area (Å²) in [5, 5.41) is 0.642. The van der Waals surface area contributed by atoms with E-state index in [-0.39, 0.29) is 5.91 Å². The minimum Gasteiger partial charge on any atom is -0.353 e. The molecule has 1 aliphatic heterocycles. The number of carbonyl (C=O) groups is 1. The van der Waals surface area contributed by atoms with E-state index < -0.39 is 0 Å². The van der Waals surface area contributed by atoms with Crippen molar-refractivity contribution >= 4 is 23.5 Å². The number of pyridine rings is 1. The summed E-state index contributed by atoms with van der Waals surface area (Å²) in [7, 11) is 0. The van der Waals surface area contributed by atoms with Gasteiger partial charge in [-0.3, -0.25) is 4.79 Å². The molecular formula is C15H17N5OS. The van der Waals surface area contributed by atoms with Gasteiger partial charge in [-0.15, -0.1) is 0 Å². The molecule has 0 bridgehead atoms. The number of amides is 1. The lowest BCUT2D eigenvalue weighted by atomic mass is 10.3. The second kappa shape index (κ2) is 7.22. The van der Waals surface area contributed by atoms with E-state index in [0.29, 0.717) is 10.9 Å². The first kappa shape index (κ1) is 14.8.